The number of fused-ring (bicyclic) bond motifs is 4. The highest BCUT2D eigenvalue weighted by Crippen LogP contribution is 2.72. The topological polar surface area (TPSA) is 26.3 Å². The molecule has 2 nitrogen and oxygen atoms in total. The summed E-state index contributed by atoms with van der Waals surface area (Å²) < 4.78 is 5.87. The van der Waals surface area contributed by atoms with Crippen LogP contribution in [-0.2, 0) is 9.53 Å². The Morgan fingerprint density at radius 1 is 0.912 bits per heavy atom. The second-order valence-corrected chi connectivity index (χ2v) is 14.6. The minimum absolute atomic E-state index is 0.0436. The van der Waals surface area contributed by atoms with Crippen LogP contribution in [0.1, 0.15) is 133 Å². The number of rotatable bonds is 6. The van der Waals surface area contributed by atoms with Gasteiger partial charge in [-0.05, 0) is 91.3 Å². The zero-order valence-electron chi connectivity index (χ0n) is 24.0. The van der Waals surface area contributed by atoms with Crippen molar-refractivity contribution < 1.29 is 9.53 Å². The van der Waals surface area contributed by atoms with Crippen LogP contribution in [0.25, 0.3) is 0 Å². The van der Waals surface area contributed by atoms with E-state index in [9.17, 15) is 4.79 Å². The van der Waals surface area contributed by atoms with Gasteiger partial charge in [-0.15, -0.1) is 0 Å². The predicted molar refractivity (Wildman–Crippen MR) is 142 cm³/mol. The Balaban J connectivity index is 1.61. The first kappa shape index (κ1) is 26.3. The summed E-state index contributed by atoms with van der Waals surface area (Å²) in [6, 6.07) is 0. The van der Waals surface area contributed by atoms with E-state index in [1.165, 1.54) is 64.2 Å². The fourth-order valence-corrected chi connectivity index (χ4v) is 10.1. The molecule has 0 heterocycles. The average molecular weight is 471 g/mol. The zero-order valence-corrected chi connectivity index (χ0v) is 24.0. The van der Waals surface area contributed by atoms with E-state index in [4.69, 9.17) is 4.74 Å². The molecule has 0 aromatic carbocycles. The van der Waals surface area contributed by atoms with Gasteiger partial charge in [-0.3, -0.25) is 4.79 Å². The average Bonchev–Trinajstić information content (AvgIpc) is 3.01. The Morgan fingerprint density at radius 2 is 1.62 bits per heavy atom. The summed E-state index contributed by atoms with van der Waals surface area (Å²) in [6.07, 6.45) is 14.5. The van der Waals surface area contributed by atoms with Crippen molar-refractivity contribution >= 4 is 5.97 Å². The highest BCUT2D eigenvalue weighted by atomic mass is 16.5. The molecule has 4 aliphatic rings. The second-order valence-electron chi connectivity index (χ2n) is 14.6. The molecule has 0 spiro atoms. The van der Waals surface area contributed by atoms with Gasteiger partial charge in [0, 0.05) is 12.3 Å². The molecule has 0 saturated heterocycles. The summed E-state index contributed by atoms with van der Waals surface area (Å²) in [7, 11) is 0. The lowest BCUT2D eigenvalue weighted by molar-refractivity contribution is -0.167. The van der Waals surface area contributed by atoms with Crippen LogP contribution in [-0.4, -0.2) is 12.1 Å². The summed E-state index contributed by atoms with van der Waals surface area (Å²) in [4.78, 5) is 11.8. The number of ether oxygens (including phenoxy) is 1. The van der Waals surface area contributed by atoms with Crippen LogP contribution in [0.15, 0.2) is 11.1 Å². The third kappa shape index (κ3) is 3.92. The summed E-state index contributed by atoms with van der Waals surface area (Å²) in [5, 5.41) is 0. The van der Waals surface area contributed by atoms with E-state index in [-0.39, 0.29) is 22.9 Å². The van der Waals surface area contributed by atoms with Crippen molar-refractivity contribution in [1.29, 1.82) is 0 Å². The highest BCUT2D eigenvalue weighted by molar-refractivity contribution is 5.66. The number of carbonyl (C=O) groups excluding carboxylic acids is 1. The fraction of sp³-hybridized carbons (Fsp3) is 0.906. The highest BCUT2D eigenvalue weighted by Gasteiger charge is 2.63. The Kier molecular flexibility index (Phi) is 6.92. The van der Waals surface area contributed by atoms with E-state index in [2.05, 4.69) is 55.4 Å². The molecule has 0 aromatic heterocycles. The molecule has 0 amide bonds. The van der Waals surface area contributed by atoms with Crippen LogP contribution in [0.3, 0.4) is 0 Å². The molecule has 0 radical (unpaired) electrons. The molecule has 0 bridgehead atoms. The Bertz CT molecular complexity index is 821. The number of allylic oxidation sites excluding steroid dienone is 2. The maximum atomic E-state index is 11.8. The van der Waals surface area contributed by atoms with Gasteiger partial charge in [0.15, 0.2) is 0 Å². The molecule has 2 fully saturated rings. The third-order valence-electron chi connectivity index (χ3n) is 12.2. The van der Waals surface area contributed by atoms with Gasteiger partial charge < -0.3 is 4.74 Å². The van der Waals surface area contributed by atoms with Crippen molar-refractivity contribution in [2.45, 2.75) is 139 Å². The Labute approximate surface area is 211 Å². The SMILES string of the molecule is CC(=O)O[C@H]1CC[C@]2(C)C3=C(CC[C@H]2C1(C)C)[C@@]1(C)CC[C@@H]([C@H](C)CCCC(C)C)[C@]1(C)CC3. The first-order chi connectivity index (χ1) is 15.8. The lowest BCUT2D eigenvalue weighted by Crippen LogP contribution is -2.55. The smallest absolute Gasteiger partial charge is 0.302 e. The maximum absolute atomic E-state index is 11.8. The first-order valence-corrected chi connectivity index (χ1v) is 14.7. The van der Waals surface area contributed by atoms with Crippen molar-refractivity contribution in [1.82, 2.24) is 0 Å². The second kappa shape index (κ2) is 8.95. The van der Waals surface area contributed by atoms with Crippen molar-refractivity contribution in [2.24, 2.45) is 45.3 Å². The van der Waals surface area contributed by atoms with E-state index in [0.717, 1.165) is 24.2 Å². The summed E-state index contributed by atoms with van der Waals surface area (Å²) in [5.74, 6) is 3.04. The van der Waals surface area contributed by atoms with Gasteiger partial charge in [0.05, 0.1) is 0 Å². The summed E-state index contributed by atoms with van der Waals surface area (Å²) in [6.45, 7) is 21.6. The van der Waals surface area contributed by atoms with Gasteiger partial charge in [-0.2, -0.15) is 0 Å². The van der Waals surface area contributed by atoms with Crippen molar-refractivity contribution in [2.75, 3.05) is 0 Å². The van der Waals surface area contributed by atoms with Crippen LogP contribution in [0.4, 0.5) is 0 Å². The lowest BCUT2D eigenvalue weighted by Gasteiger charge is -2.62. The van der Waals surface area contributed by atoms with Crippen LogP contribution in [0, 0.1) is 45.3 Å². The van der Waals surface area contributed by atoms with E-state index in [1.807, 2.05) is 11.1 Å². The zero-order chi connectivity index (χ0) is 25.1. The predicted octanol–water partition coefficient (Wildman–Crippen LogP) is 9.13. The molecule has 0 aromatic rings. The van der Waals surface area contributed by atoms with Gasteiger partial charge in [0.25, 0.3) is 0 Å². The molecule has 4 aliphatic carbocycles. The first-order valence-electron chi connectivity index (χ1n) is 14.7. The minimum atomic E-state index is -0.113. The number of esters is 1. The molecular formula is C32H54O2. The van der Waals surface area contributed by atoms with Gasteiger partial charge in [-0.1, -0.05) is 85.8 Å². The third-order valence-corrected chi connectivity index (χ3v) is 12.2. The number of hydrogen-bond donors (Lipinski definition) is 0. The lowest BCUT2D eigenvalue weighted by atomic mass is 9.43. The van der Waals surface area contributed by atoms with E-state index in [1.54, 1.807) is 6.92 Å². The molecule has 2 heteroatoms. The Morgan fingerprint density at radius 3 is 2.26 bits per heavy atom. The standard InChI is InChI=1S/C32H54O2/c1-21(2)11-10-12-22(3)24-15-19-32(9)26-13-14-27-29(5,6)28(34-23(4)33)17-18-30(27,7)25(26)16-20-31(24,32)8/h21-22,24,27-28H,10-20H2,1-9H3/t22-,24+,27+,28+,30-,31+,32-/m1/s1. The van der Waals surface area contributed by atoms with E-state index >= 15 is 0 Å². The Hall–Kier alpha value is -0.790. The number of carbonyl (C=O) groups is 1. The molecule has 0 N–H and O–H groups in total. The van der Waals surface area contributed by atoms with Crippen molar-refractivity contribution in [3.63, 3.8) is 0 Å². The quantitative estimate of drug-likeness (QED) is 0.286. The molecule has 2 saturated carbocycles. The van der Waals surface area contributed by atoms with Gasteiger partial charge in [0.2, 0.25) is 0 Å². The molecule has 34 heavy (non-hydrogen) atoms. The van der Waals surface area contributed by atoms with Crippen LogP contribution >= 0.6 is 0 Å². The van der Waals surface area contributed by atoms with Crippen LogP contribution in [0.5, 0.6) is 0 Å². The molecule has 194 valence electrons. The number of hydrogen-bond acceptors (Lipinski definition) is 2. The van der Waals surface area contributed by atoms with Gasteiger partial charge in [-0.25, -0.2) is 0 Å². The van der Waals surface area contributed by atoms with Crippen molar-refractivity contribution in [3.05, 3.63) is 11.1 Å². The minimum Gasteiger partial charge on any atom is -0.462 e. The van der Waals surface area contributed by atoms with Crippen molar-refractivity contribution in [3.8, 4) is 0 Å². The van der Waals surface area contributed by atoms with Crippen LogP contribution in [0.2, 0.25) is 0 Å². The molecule has 0 unspecified atom stereocenters. The van der Waals surface area contributed by atoms with E-state index in [0.29, 0.717) is 16.7 Å². The molecule has 0 aliphatic heterocycles. The van der Waals surface area contributed by atoms with Gasteiger partial charge >= 0.3 is 5.97 Å². The van der Waals surface area contributed by atoms with E-state index < -0.39 is 0 Å². The largest absolute Gasteiger partial charge is 0.462 e. The summed E-state index contributed by atoms with van der Waals surface area (Å²) in [5.41, 5.74) is 4.87. The summed E-state index contributed by atoms with van der Waals surface area (Å²) >= 11 is 0. The normalized spacial score (nSPS) is 42.1. The molecular weight excluding hydrogens is 416 g/mol. The monoisotopic (exact) mass is 470 g/mol. The molecule has 4 rings (SSSR count). The molecule has 7 atom stereocenters. The van der Waals surface area contributed by atoms with Crippen LogP contribution < -0.4 is 0 Å². The fourth-order valence-electron chi connectivity index (χ4n) is 10.1. The maximum Gasteiger partial charge on any atom is 0.302 e. The van der Waals surface area contributed by atoms with Gasteiger partial charge in [0.1, 0.15) is 6.10 Å².